The number of fused-ring (bicyclic) bond motifs is 1. The summed E-state index contributed by atoms with van der Waals surface area (Å²) in [6.45, 7) is 5.31. The summed E-state index contributed by atoms with van der Waals surface area (Å²) in [7, 11) is 0. The number of hydrogen-bond acceptors (Lipinski definition) is 5. The molecule has 8 heteroatoms. The summed E-state index contributed by atoms with van der Waals surface area (Å²) in [5, 5.41) is 3.71. The van der Waals surface area contributed by atoms with Crippen LogP contribution in [-0.2, 0) is 16.1 Å². The highest BCUT2D eigenvalue weighted by molar-refractivity contribution is 7.17. The average molecular weight is 373 g/mol. The zero-order valence-corrected chi connectivity index (χ0v) is 14.8. The molecule has 0 atom stereocenters. The van der Waals surface area contributed by atoms with Crippen molar-refractivity contribution in [3.63, 3.8) is 0 Å². The third kappa shape index (κ3) is 3.80. The number of benzene rings is 1. The Balaban J connectivity index is 1.70. The van der Waals surface area contributed by atoms with Gasteiger partial charge in [0.05, 0.1) is 5.69 Å². The summed E-state index contributed by atoms with van der Waals surface area (Å²) in [6.07, 6.45) is 3.19. The lowest BCUT2D eigenvalue weighted by Crippen LogP contribution is -2.18. The van der Waals surface area contributed by atoms with Crippen LogP contribution in [0.2, 0.25) is 0 Å². The van der Waals surface area contributed by atoms with Crippen LogP contribution in [0, 0.1) is 12.7 Å². The van der Waals surface area contributed by atoms with E-state index in [4.69, 9.17) is 4.74 Å². The van der Waals surface area contributed by atoms with Gasteiger partial charge in [0.15, 0.2) is 5.13 Å². The molecular formula is C18H16FN3O3S. The molecule has 1 N–H and O–H groups in total. The monoisotopic (exact) mass is 373 g/mol. The van der Waals surface area contributed by atoms with Crippen molar-refractivity contribution in [2.75, 3.05) is 11.9 Å². The molecule has 0 spiro atoms. The number of hydrogen-bond donors (Lipinski definition) is 1. The van der Waals surface area contributed by atoms with Gasteiger partial charge >= 0.3 is 5.97 Å². The van der Waals surface area contributed by atoms with Gasteiger partial charge < -0.3 is 14.6 Å². The first-order valence-corrected chi connectivity index (χ1v) is 8.59. The first-order chi connectivity index (χ1) is 12.5. The van der Waals surface area contributed by atoms with Crippen molar-refractivity contribution in [2.24, 2.45) is 0 Å². The molecule has 1 aromatic carbocycles. The van der Waals surface area contributed by atoms with Crippen molar-refractivity contribution in [2.45, 2.75) is 13.5 Å². The Kier molecular flexibility index (Phi) is 5.13. The van der Waals surface area contributed by atoms with Crippen molar-refractivity contribution >= 4 is 39.2 Å². The Hall–Kier alpha value is -3.00. The molecule has 6 nitrogen and oxygen atoms in total. The van der Waals surface area contributed by atoms with Crippen LogP contribution < -0.4 is 5.32 Å². The number of carbonyl (C=O) groups is 2. The fraction of sp³-hybridized carbons (Fsp3) is 0.167. The molecular weight excluding hydrogens is 357 g/mol. The Morgan fingerprint density at radius 2 is 2.23 bits per heavy atom. The third-order valence-corrected chi connectivity index (χ3v) is 4.66. The maximum Gasteiger partial charge on any atom is 0.350 e. The highest BCUT2D eigenvalue weighted by Crippen LogP contribution is 2.24. The molecule has 26 heavy (non-hydrogen) atoms. The SMILES string of the molecule is C=CCOC(=O)c1sc(NC(=O)Cn2ccc3cc(F)ccc32)nc1C. The molecule has 3 aromatic rings. The van der Waals surface area contributed by atoms with Crippen LogP contribution >= 0.6 is 11.3 Å². The largest absolute Gasteiger partial charge is 0.457 e. The van der Waals surface area contributed by atoms with Gasteiger partial charge in [-0.25, -0.2) is 14.2 Å². The van der Waals surface area contributed by atoms with Gasteiger partial charge in [-0.05, 0) is 31.2 Å². The third-order valence-electron chi connectivity index (χ3n) is 3.61. The number of aromatic nitrogens is 2. The van der Waals surface area contributed by atoms with E-state index in [1.165, 1.54) is 18.2 Å². The topological polar surface area (TPSA) is 73.2 Å². The molecule has 0 radical (unpaired) electrons. The Bertz CT molecular complexity index is 993. The second-order valence-electron chi connectivity index (χ2n) is 5.52. The van der Waals surface area contributed by atoms with Crippen molar-refractivity contribution in [1.82, 2.24) is 9.55 Å². The molecule has 2 heterocycles. The fourth-order valence-corrected chi connectivity index (χ4v) is 3.34. The van der Waals surface area contributed by atoms with Crippen LogP contribution in [0.4, 0.5) is 9.52 Å². The highest BCUT2D eigenvalue weighted by Gasteiger charge is 2.18. The summed E-state index contributed by atoms with van der Waals surface area (Å²) in [5.41, 5.74) is 1.24. The minimum Gasteiger partial charge on any atom is -0.457 e. The van der Waals surface area contributed by atoms with E-state index in [0.717, 1.165) is 22.2 Å². The molecule has 0 saturated carbocycles. The number of amides is 1. The van der Waals surface area contributed by atoms with E-state index in [1.807, 2.05) is 0 Å². The predicted octanol–water partition coefficient (Wildman–Crippen LogP) is 3.53. The van der Waals surface area contributed by atoms with Crippen molar-refractivity contribution in [1.29, 1.82) is 0 Å². The molecule has 0 unspecified atom stereocenters. The van der Waals surface area contributed by atoms with Gasteiger partial charge in [-0.1, -0.05) is 24.0 Å². The summed E-state index contributed by atoms with van der Waals surface area (Å²) in [4.78, 5) is 28.7. The summed E-state index contributed by atoms with van der Waals surface area (Å²) >= 11 is 1.05. The van der Waals surface area contributed by atoms with E-state index < -0.39 is 5.97 Å². The minimum atomic E-state index is -0.501. The lowest BCUT2D eigenvalue weighted by molar-refractivity contribution is -0.116. The first-order valence-electron chi connectivity index (χ1n) is 7.77. The Labute approximate surface area is 152 Å². The molecule has 2 aromatic heterocycles. The van der Waals surface area contributed by atoms with Gasteiger partial charge in [0, 0.05) is 17.1 Å². The summed E-state index contributed by atoms with van der Waals surface area (Å²) < 4.78 is 19.9. The molecule has 134 valence electrons. The highest BCUT2D eigenvalue weighted by atomic mass is 32.1. The second-order valence-corrected chi connectivity index (χ2v) is 6.51. The molecule has 0 bridgehead atoms. The standard InChI is InChI=1S/C18H16FN3O3S/c1-3-8-25-17(24)16-11(2)20-18(26-16)21-15(23)10-22-7-6-12-9-13(19)4-5-14(12)22/h3-7,9H,1,8,10H2,2H3,(H,20,21,23). The smallest absolute Gasteiger partial charge is 0.350 e. The van der Waals surface area contributed by atoms with Gasteiger partial charge in [-0.2, -0.15) is 0 Å². The maximum atomic E-state index is 13.2. The van der Waals surface area contributed by atoms with E-state index >= 15 is 0 Å². The van der Waals surface area contributed by atoms with Crippen molar-refractivity contribution in [3.05, 3.63) is 59.5 Å². The van der Waals surface area contributed by atoms with Crippen molar-refractivity contribution < 1.29 is 18.7 Å². The number of rotatable bonds is 6. The van der Waals surface area contributed by atoms with Gasteiger partial charge in [0.25, 0.3) is 0 Å². The normalized spacial score (nSPS) is 10.7. The number of anilines is 1. The fourth-order valence-electron chi connectivity index (χ4n) is 2.46. The predicted molar refractivity (Wildman–Crippen MR) is 97.9 cm³/mol. The number of halogens is 1. The van der Waals surface area contributed by atoms with Crippen LogP contribution in [0.5, 0.6) is 0 Å². The van der Waals surface area contributed by atoms with E-state index in [9.17, 15) is 14.0 Å². The summed E-state index contributed by atoms with van der Waals surface area (Å²) in [5.74, 6) is -1.13. The molecule has 3 rings (SSSR count). The molecule has 1 amide bonds. The number of esters is 1. The molecule has 0 aliphatic carbocycles. The minimum absolute atomic E-state index is 0.0456. The summed E-state index contributed by atoms with van der Waals surface area (Å²) in [6, 6.07) is 6.13. The van der Waals surface area contributed by atoms with E-state index in [-0.39, 0.29) is 24.9 Å². The lowest BCUT2D eigenvalue weighted by atomic mass is 10.2. The maximum absolute atomic E-state index is 13.2. The Morgan fingerprint density at radius 3 is 3.00 bits per heavy atom. The molecule has 0 aliphatic rings. The van der Waals surface area contributed by atoms with E-state index in [2.05, 4.69) is 16.9 Å². The van der Waals surface area contributed by atoms with Crippen LogP contribution in [0.15, 0.2) is 43.1 Å². The zero-order valence-electron chi connectivity index (χ0n) is 14.0. The average Bonchev–Trinajstić information content (AvgIpc) is 3.15. The van der Waals surface area contributed by atoms with Crippen LogP contribution in [0.25, 0.3) is 10.9 Å². The van der Waals surface area contributed by atoms with Gasteiger partial charge in [-0.3, -0.25) is 4.79 Å². The number of thiazole rings is 1. The quantitative estimate of drug-likeness (QED) is 0.530. The van der Waals surface area contributed by atoms with Crippen LogP contribution in [0.3, 0.4) is 0 Å². The van der Waals surface area contributed by atoms with Gasteiger partial charge in [0.1, 0.15) is 23.8 Å². The molecule has 0 saturated heterocycles. The van der Waals surface area contributed by atoms with Gasteiger partial charge in [-0.15, -0.1) is 0 Å². The van der Waals surface area contributed by atoms with Crippen molar-refractivity contribution in [3.8, 4) is 0 Å². The first kappa shape index (κ1) is 17.8. The Morgan fingerprint density at radius 1 is 1.42 bits per heavy atom. The van der Waals surface area contributed by atoms with Gasteiger partial charge in [0.2, 0.25) is 5.91 Å². The lowest BCUT2D eigenvalue weighted by Gasteiger charge is -2.05. The number of nitrogens with zero attached hydrogens (tertiary/aromatic N) is 2. The number of carbonyl (C=O) groups excluding carboxylic acids is 2. The number of ether oxygens (including phenoxy) is 1. The van der Waals surface area contributed by atoms with Crippen LogP contribution in [-0.4, -0.2) is 28.0 Å². The zero-order chi connectivity index (χ0) is 18.7. The van der Waals surface area contributed by atoms with E-state index in [1.54, 1.807) is 29.8 Å². The number of nitrogens with one attached hydrogen (secondary N) is 1. The second kappa shape index (κ2) is 7.49. The molecule has 0 fully saturated rings. The molecule has 0 aliphatic heterocycles. The van der Waals surface area contributed by atoms with Crippen LogP contribution in [0.1, 0.15) is 15.4 Å². The van der Waals surface area contributed by atoms with E-state index in [0.29, 0.717) is 15.7 Å². The number of aryl methyl sites for hydroxylation is 1.